The zero-order valence-electron chi connectivity index (χ0n) is 15.7. The molecule has 0 atom stereocenters. The molecule has 0 aliphatic heterocycles. The lowest BCUT2D eigenvalue weighted by molar-refractivity contribution is -0.120. The first-order valence-electron chi connectivity index (χ1n) is 8.60. The van der Waals surface area contributed by atoms with Gasteiger partial charge in [-0.1, -0.05) is 12.1 Å². The number of hydrogen-bond donors (Lipinski definition) is 2. The largest absolute Gasteiger partial charge is 0.494 e. The van der Waals surface area contributed by atoms with Crippen LogP contribution in [-0.2, 0) is 4.79 Å². The molecule has 0 spiro atoms. The molecule has 2 aromatic rings. The third-order valence-electron chi connectivity index (χ3n) is 3.65. The van der Waals surface area contributed by atoms with E-state index >= 15 is 0 Å². The van der Waals surface area contributed by atoms with E-state index in [1.165, 1.54) is 0 Å². The van der Waals surface area contributed by atoms with Crippen LogP contribution in [0.1, 0.15) is 22.8 Å². The molecule has 0 heterocycles. The maximum Gasteiger partial charge on any atom is 0.259 e. The van der Waals surface area contributed by atoms with Gasteiger partial charge in [-0.2, -0.15) is 5.10 Å². The maximum atomic E-state index is 12.0. The highest BCUT2D eigenvalue weighted by Gasteiger charge is 2.07. The highest BCUT2D eigenvalue weighted by molar-refractivity contribution is 5.96. The Bertz CT molecular complexity index is 784. The van der Waals surface area contributed by atoms with Crippen molar-refractivity contribution in [3.8, 4) is 5.75 Å². The van der Waals surface area contributed by atoms with E-state index in [9.17, 15) is 9.59 Å². The third kappa shape index (κ3) is 6.47. The number of carbonyl (C=O) groups excluding carboxylic acids is 2. The number of ether oxygens (including phenoxy) is 1. The van der Waals surface area contributed by atoms with Gasteiger partial charge in [0.15, 0.2) is 0 Å². The van der Waals surface area contributed by atoms with Crippen molar-refractivity contribution in [2.75, 3.05) is 32.1 Å². The predicted octanol–water partition coefficient (Wildman–Crippen LogP) is 2.03. The van der Waals surface area contributed by atoms with E-state index < -0.39 is 5.91 Å². The van der Waals surface area contributed by atoms with Crippen LogP contribution in [-0.4, -0.2) is 45.3 Å². The number of carbonyl (C=O) groups is 2. The first-order valence-corrected chi connectivity index (χ1v) is 8.60. The van der Waals surface area contributed by atoms with Crippen molar-refractivity contribution in [2.24, 2.45) is 5.10 Å². The summed E-state index contributed by atoms with van der Waals surface area (Å²) in [6.45, 7) is 2.29. The number of amides is 2. The molecule has 0 aromatic heterocycles. The Morgan fingerprint density at radius 2 is 1.74 bits per heavy atom. The predicted molar refractivity (Wildman–Crippen MR) is 106 cm³/mol. The molecule has 2 N–H and O–H groups in total. The molecule has 0 saturated carbocycles. The number of rotatable bonds is 8. The lowest BCUT2D eigenvalue weighted by Gasteiger charge is -2.11. The van der Waals surface area contributed by atoms with Gasteiger partial charge < -0.3 is 15.0 Å². The number of hydrazone groups is 1. The molecule has 2 amide bonds. The first kappa shape index (κ1) is 20.0. The van der Waals surface area contributed by atoms with Crippen LogP contribution < -0.4 is 20.4 Å². The fraction of sp³-hybridized carbons (Fsp3) is 0.250. The summed E-state index contributed by atoms with van der Waals surface area (Å²) < 4.78 is 5.32. The number of hydrogen-bond acceptors (Lipinski definition) is 5. The fourth-order valence-electron chi connectivity index (χ4n) is 2.21. The monoisotopic (exact) mass is 368 g/mol. The van der Waals surface area contributed by atoms with Gasteiger partial charge in [0.25, 0.3) is 11.8 Å². The smallest absolute Gasteiger partial charge is 0.259 e. The van der Waals surface area contributed by atoms with E-state index in [1.807, 2.05) is 50.2 Å². The van der Waals surface area contributed by atoms with Gasteiger partial charge >= 0.3 is 0 Å². The van der Waals surface area contributed by atoms with Crippen LogP contribution in [0.5, 0.6) is 5.75 Å². The van der Waals surface area contributed by atoms with E-state index in [-0.39, 0.29) is 12.5 Å². The summed E-state index contributed by atoms with van der Waals surface area (Å²) in [5, 5.41) is 6.44. The van der Waals surface area contributed by atoms with Crippen molar-refractivity contribution in [3.63, 3.8) is 0 Å². The second kappa shape index (κ2) is 9.96. The molecule has 0 radical (unpaired) electrons. The van der Waals surface area contributed by atoms with E-state index in [4.69, 9.17) is 4.74 Å². The van der Waals surface area contributed by atoms with Gasteiger partial charge in [-0.25, -0.2) is 5.43 Å². The van der Waals surface area contributed by atoms with Gasteiger partial charge in [0.1, 0.15) is 5.75 Å². The molecule has 0 aliphatic rings. The molecule has 0 aliphatic carbocycles. The number of anilines is 1. The zero-order chi connectivity index (χ0) is 19.6. The number of benzene rings is 2. The summed E-state index contributed by atoms with van der Waals surface area (Å²) in [5.74, 6) is -0.0494. The highest BCUT2D eigenvalue weighted by atomic mass is 16.5. The summed E-state index contributed by atoms with van der Waals surface area (Å²) in [5.41, 5.74) is 4.78. The second-order valence-corrected chi connectivity index (χ2v) is 5.92. The van der Waals surface area contributed by atoms with Crippen LogP contribution in [0.25, 0.3) is 0 Å². The lowest BCUT2D eigenvalue weighted by atomic mass is 10.2. The molecule has 0 fully saturated rings. The quantitative estimate of drug-likeness (QED) is 0.552. The van der Waals surface area contributed by atoms with Crippen LogP contribution in [0.3, 0.4) is 0 Å². The summed E-state index contributed by atoms with van der Waals surface area (Å²) in [7, 11) is 3.93. The second-order valence-electron chi connectivity index (χ2n) is 5.92. The summed E-state index contributed by atoms with van der Waals surface area (Å²) >= 11 is 0. The average Bonchev–Trinajstić information content (AvgIpc) is 2.67. The van der Waals surface area contributed by atoms with Crippen LogP contribution in [0.15, 0.2) is 53.6 Å². The Balaban J connectivity index is 1.77. The van der Waals surface area contributed by atoms with Crippen LogP contribution in [0.4, 0.5) is 5.69 Å². The summed E-state index contributed by atoms with van der Waals surface area (Å²) in [4.78, 5) is 25.8. The zero-order valence-corrected chi connectivity index (χ0v) is 15.7. The fourth-order valence-corrected chi connectivity index (χ4v) is 2.21. The molecule has 142 valence electrons. The SMILES string of the molecule is CCOc1ccc(C(=O)NCC(=O)NN=Cc2ccc(N(C)C)cc2)cc1. The number of nitrogens with one attached hydrogen (secondary N) is 2. The molecule has 2 rings (SSSR count). The van der Waals surface area contributed by atoms with Crippen LogP contribution >= 0.6 is 0 Å². The van der Waals surface area contributed by atoms with Crippen molar-refractivity contribution in [1.82, 2.24) is 10.7 Å². The molecule has 7 nitrogen and oxygen atoms in total. The Kier molecular flexibility index (Phi) is 7.37. The lowest BCUT2D eigenvalue weighted by Crippen LogP contribution is -2.34. The van der Waals surface area contributed by atoms with Crippen molar-refractivity contribution >= 4 is 23.7 Å². The summed E-state index contributed by atoms with van der Waals surface area (Å²) in [6, 6.07) is 14.4. The minimum atomic E-state index is -0.407. The first-order chi connectivity index (χ1) is 13.0. The maximum absolute atomic E-state index is 12.0. The van der Waals surface area contributed by atoms with E-state index in [0.29, 0.717) is 17.9 Å². The van der Waals surface area contributed by atoms with Gasteiger partial charge in [0, 0.05) is 25.3 Å². The van der Waals surface area contributed by atoms with Crippen molar-refractivity contribution in [2.45, 2.75) is 6.92 Å². The summed E-state index contributed by atoms with van der Waals surface area (Å²) in [6.07, 6.45) is 1.55. The Morgan fingerprint density at radius 3 is 2.33 bits per heavy atom. The van der Waals surface area contributed by atoms with E-state index in [0.717, 1.165) is 11.3 Å². The van der Waals surface area contributed by atoms with Crippen molar-refractivity contribution < 1.29 is 14.3 Å². The van der Waals surface area contributed by atoms with Gasteiger partial charge in [-0.05, 0) is 48.9 Å². The third-order valence-corrected chi connectivity index (χ3v) is 3.65. The molecular weight excluding hydrogens is 344 g/mol. The van der Waals surface area contributed by atoms with Crippen molar-refractivity contribution in [3.05, 3.63) is 59.7 Å². The minimum Gasteiger partial charge on any atom is -0.494 e. The van der Waals surface area contributed by atoms with Crippen LogP contribution in [0, 0.1) is 0 Å². The van der Waals surface area contributed by atoms with E-state index in [2.05, 4.69) is 15.8 Å². The molecular formula is C20H24N4O3. The molecule has 7 heteroatoms. The highest BCUT2D eigenvalue weighted by Crippen LogP contribution is 2.12. The Labute approximate surface area is 159 Å². The van der Waals surface area contributed by atoms with Gasteiger partial charge in [-0.3, -0.25) is 9.59 Å². The molecule has 0 bridgehead atoms. The van der Waals surface area contributed by atoms with Crippen molar-refractivity contribution in [1.29, 1.82) is 0 Å². The van der Waals surface area contributed by atoms with E-state index in [1.54, 1.807) is 30.5 Å². The van der Waals surface area contributed by atoms with Gasteiger partial charge in [0.05, 0.1) is 19.4 Å². The standard InChI is InChI=1S/C20H24N4O3/c1-4-27-18-11-7-16(8-12-18)20(26)21-14-19(25)23-22-13-15-5-9-17(10-6-15)24(2)3/h5-13H,4,14H2,1-3H3,(H,21,26)(H,23,25). The molecule has 0 saturated heterocycles. The Hall–Kier alpha value is -3.35. The Morgan fingerprint density at radius 1 is 1.07 bits per heavy atom. The number of nitrogens with zero attached hydrogens (tertiary/aromatic N) is 2. The average molecular weight is 368 g/mol. The minimum absolute atomic E-state index is 0.164. The van der Waals surface area contributed by atoms with Gasteiger partial charge in [-0.15, -0.1) is 0 Å². The van der Waals surface area contributed by atoms with Gasteiger partial charge in [0.2, 0.25) is 0 Å². The van der Waals surface area contributed by atoms with Crippen LogP contribution in [0.2, 0.25) is 0 Å². The molecule has 27 heavy (non-hydrogen) atoms. The molecule has 0 unspecified atom stereocenters. The normalized spacial score (nSPS) is 10.5. The molecule has 2 aromatic carbocycles. The topological polar surface area (TPSA) is 83.0 Å².